The molecule has 2 aromatic carbocycles. The summed E-state index contributed by atoms with van der Waals surface area (Å²) in [4.78, 5) is 53.9. The predicted molar refractivity (Wildman–Crippen MR) is 159 cm³/mol. The Kier molecular flexibility index (Phi) is 7.11. The Bertz CT molecular complexity index is 1780. The minimum atomic E-state index is -0.646. The smallest absolute Gasteiger partial charge is 0.257 e. The van der Waals surface area contributed by atoms with Gasteiger partial charge >= 0.3 is 0 Å². The Labute approximate surface area is 253 Å². The molecule has 44 heavy (non-hydrogen) atoms. The van der Waals surface area contributed by atoms with E-state index in [0.29, 0.717) is 49.5 Å². The monoisotopic (exact) mass is 595 g/mol. The first-order valence-corrected chi connectivity index (χ1v) is 15.0. The number of aryl methyl sites for hydroxylation is 1. The number of likely N-dealkylation sites (tertiary alicyclic amines) is 1. The maximum Gasteiger partial charge on any atom is 0.257 e. The molecule has 4 aromatic rings. The zero-order valence-electron chi connectivity index (χ0n) is 24.4. The van der Waals surface area contributed by atoms with Gasteiger partial charge in [0, 0.05) is 55.4 Å². The predicted octanol–water partition coefficient (Wildman–Crippen LogP) is 3.11. The van der Waals surface area contributed by atoms with Crippen LogP contribution in [-0.2, 0) is 33.9 Å². The molecular weight excluding hydrogens is 562 g/mol. The third kappa shape index (κ3) is 5.10. The lowest BCUT2D eigenvalue weighted by Crippen LogP contribution is -2.52. The molecule has 0 saturated carbocycles. The van der Waals surface area contributed by atoms with Crippen LogP contribution < -0.4 is 10.6 Å². The zero-order valence-corrected chi connectivity index (χ0v) is 24.4. The number of carbonyl (C=O) groups is 4. The van der Waals surface area contributed by atoms with E-state index in [9.17, 15) is 19.2 Å². The molecule has 4 amide bonds. The minimum Gasteiger partial charge on any atom is -0.380 e. The van der Waals surface area contributed by atoms with Crippen molar-refractivity contribution in [2.45, 2.75) is 64.2 Å². The molecule has 226 valence electrons. The topological polar surface area (TPSA) is 143 Å². The highest BCUT2D eigenvalue weighted by Crippen LogP contribution is 2.33. The van der Waals surface area contributed by atoms with Gasteiger partial charge < -0.3 is 19.6 Å². The Hall–Kier alpha value is -5.00. The van der Waals surface area contributed by atoms with Crippen LogP contribution >= 0.6 is 0 Å². The van der Waals surface area contributed by atoms with Crippen LogP contribution in [0.1, 0.15) is 64.5 Å². The zero-order chi connectivity index (χ0) is 30.4. The summed E-state index contributed by atoms with van der Waals surface area (Å²) in [6, 6.07) is 11.1. The van der Waals surface area contributed by atoms with Crippen molar-refractivity contribution in [3.8, 4) is 0 Å². The third-order valence-corrected chi connectivity index (χ3v) is 8.97. The Morgan fingerprint density at radius 1 is 1.09 bits per heavy atom. The molecule has 2 aromatic heterocycles. The summed E-state index contributed by atoms with van der Waals surface area (Å²) < 4.78 is 7.45. The van der Waals surface area contributed by atoms with Gasteiger partial charge in [0.2, 0.25) is 17.7 Å². The molecule has 2 N–H and O–H groups in total. The number of aromatic nitrogens is 3. The maximum absolute atomic E-state index is 13.4. The third-order valence-electron chi connectivity index (χ3n) is 8.97. The fourth-order valence-electron chi connectivity index (χ4n) is 6.54. The number of hydrogen-bond acceptors (Lipinski definition) is 8. The molecule has 3 aliphatic rings. The van der Waals surface area contributed by atoms with Crippen molar-refractivity contribution in [2.24, 2.45) is 0 Å². The number of rotatable bonds is 7. The van der Waals surface area contributed by atoms with Gasteiger partial charge in [-0.25, -0.2) is 0 Å². The van der Waals surface area contributed by atoms with Crippen molar-refractivity contribution in [3.05, 3.63) is 76.7 Å². The van der Waals surface area contributed by atoms with E-state index in [0.717, 1.165) is 40.5 Å². The van der Waals surface area contributed by atoms with E-state index in [1.54, 1.807) is 4.90 Å². The number of anilines is 1. The molecule has 3 aliphatic heterocycles. The van der Waals surface area contributed by atoms with Crippen LogP contribution in [0, 0.1) is 6.92 Å². The molecule has 0 radical (unpaired) electrons. The van der Waals surface area contributed by atoms with Gasteiger partial charge in [0.1, 0.15) is 11.7 Å². The number of hydrogen-bond donors (Lipinski definition) is 2. The Balaban J connectivity index is 0.943. The molecule has 12 heteroatoms. The van der Waals surface area contributed by atoms with E-state index in [1.807, 2.05) is 65.3 Å². The lowest BCUT2D eigenvalue weighted by Gasteiger charge is -2.32. The number of piperidine rings is 2. The number of fused-ring (bicyclic) bond motifs is 2. The van der Waals surface area contributed by atoms with Gasteiger partial charge in [-0.05, 0) is 49.4 Å². The number of imide groups is 1. The first kappa shape index (κ1) is 27.8. The summed E-state index contributed by atoms with van der Waals surface area (Å²) in [5, 5.41) is 15.4. The highest BCUT2D eigenvalue weighted by atomic mass is 16.5. The number of carbonyl (C=O) groups excluding carboxylic acids is 4. The average molecular weight is 596 g/mol. The molecule has 12 nitrogen and oxygen atoms in total. The van der Waals surface area contributed by atoms with Gasteiger partial charge in [0.05, 0.1) is 24.2 Å². The van der Waals surface area contributed by atoms with Crippen molar-refractivity contribution in [1.29, 1.82) is 0 Å². The molecule has 0 aliphatic carbocycles. The van der Waals surface area contributed by atoms with E-state index in [2.05, 4.69) is 20.9 Å². The SMILES string of the molecule is Cc1cccc2c(CC(=O)N3CCC(n4cc(CNc5cccc6c5C(=O)N(C5CCC(=O)NC5=O)C6)cn4)CC3)noc12. The van der Waals surface area contributed by atoms with E-state index in [1.165, 1.54) is 0 Å². The van der Waals surface area contributed by atoms with Gasteiger partial charge in [-0.3, -0.25) is 29.2 Å². The Morgan fingerprint density at radius 3 is 2.73 bits per heavy atom. The number of nitrogens with zero attached hydrogens (tertiary/aromatic N) is 5. The summed E-state index contributed by atoms with van der Waals surface area (Å²) in [6.45, 7) is 4.07. The highest BCUT2D eigenvalue weighted by molar-refractivity contribution is 6.07. The lowest BCUT2D eigenvalue weighted by molar-refractivity contribution is -0.137. The van der Waals surface area contributed by atoms with Crippen molar-refractivity contribution in [3.63, 3.8) is 0 Å². The van der Waals surface area contributed by atoms with E-state index < -0.39 is 11.9 Å². The second kappa shape index (κ2) is 11.3. The molecule has 5 heterocycles. The van der Waals surface area contributed by atoms with Gasteiger partial charge in [0.25, 0.3) is 5.91 Å². The van der Waals surface area contributed by atoms with Gasteiger partial charge in [-0.1, -0.05) is 29.4 Å². The number of para-hydroxylation sites is 1. The van der Waals surface area contributed by atoms with Crippen LogP contribution in [0.15, 0.2) is 53.3 Å². The van der Waals surface area contributed by atoms with Gasteiger partial charge in [-0.2, -0.15) is 5.10 Å². The number of benzene rings is 2. The molecule has 2 saturated heterocycles. The number of nitrogens with one attached hydrogen (secondary N) is 2. The normalized spacial score (nSPS) is 19.0. The summed E-state index contributed by atoms with van der Waals surface area (Å²) in [7, 11) is 0. The van der Waals surface area contributed by atoms with Crippen molar-refractivity contribution >= 4 is 40.3 Å². The second-order valence-electron chi connectivity index (χ2n) is 11.8. The molecule has 1 atom stereocenters. The van der Waals surface area contributed by atoms with Crippen molar-refractivity contribution < 1.29 is 23.7 Å². The highest BCUT2D eigenvalue weighted by Gasteiger charge is 2.40. The summed E-state index contributed by atoms with van der Waals surface area (Å²) in [6.07, 6.45) is 6.21. The van der Waals surface area contributed by atoms with Gasteiger partial charge in [-0.15, -0.1) is 0 Å². The summed E-state index contributed by atoms with van der Waals surface area (Å²) in [5.74, 6) is -0.879. The van der Waals surface area contributed by atoms with Gasteiger partial charge in [0.15, 0.2) is 5.58 Å². The fraction of sp³-hybridized carbons (Fsp3) is 0.375. The van der Waals surface area contributed by atoms with Crippen LogP contribution in [0.4, 0.5) is 5.69 Å². The van der Waals surface area contributed by atoms with E-state index in [-0.39, 0.29) is 36.6 Å². The van der Waals surface area contributed by atoms with Crippen LogP contribution in [-0.4, -0.2) is 67.5 Å². The standard InChI is InChI=1S/C32H33N7O5/c1-19-4-2-6-23-25(36-44-30(19)23)14-28(41)37-12-10-22(11-13-37)39-17-20(16-34-39)15-33-24-7-3-5-21-18-38(32(43)29(21)24)26-8-9-27(40)35-31(26)42/h2-7,16-17,22,26,33H,8-15,18H2,1H3,(H,35,40,42). The largest absolute Gasteiger partial charge is 0.380 e. The second-order valence-corrected chi connectivity index (χ2v) is 11.8. The molecule has 1 unspecified atom stereocenters. The summed E-state index contributed by atoms with van der Waals surface area (Å²) >= 11 is 0. The fourth-order valence-corrected chi connectivity index (χ4v) is 6.54. The lowest BCUT2D eigenvalue weighted by atomic mass is 10.0. The average Bonchev–Trinajstić information content (AvgIpc) is 3.75. The first-order chi connectivity index (χ1) is 21.4. The molecular formula is C32H33N7O5. The van der Waals surface area contributed by atoms with E-state index in [4.69, 9.17) is 4.52 Å². The maximum atomic E-state index is 13.4. The van der Waals surface area contributed by atoms with Crippen LogP contribution in [0.5, 0.6) is 0 Å². The first-order valence-electron chi connectivity index (χ1n) is 15.0. The molecule has 0 bridgehead atoms. The van der Waals surface area contributed by atoms with Crippen LogP contribution in [0.2, 0.25) is 0 Å². The Morgan fingerprint density at radius 2 is 1.91 bits per heavy atom. The quantitative estimate of drug-likeness (QED) is 0.311. The van der Waals surface area contributed by atoms with E-state index >= 15 is 0 Å². The molecule has 0 spiro atoms. The van der Waals surface area contributed by atoms with Crippen molar-refractivity contribution in [2.75, 3.05) is 18.4 Å². The van der Waals surface area contributed by atoms with Crippen molar-refractivity contribution in [1.82, 2.24) is 30.1 Å². The van der Waals surface area contributed by atoms with Crippen LogP contribution in [0.3, 0.4) is 0 Å². The molecule has 2 fully saturated rings. The molecule has 7 rings (SSSR count). The number of amides is 4. The summed E-state index contributed by atoms with van der Waals surface area (Å²) in [5.41, 5.74) is 5.51. The minimum absolute atomic E-state index is 0.0478. The van der Waals surface area contributed by atoms with Crippen LogP contribution in [0.25, 0.3) is 11.0 Å².